The van der Waals surface area contributed by atoms with Gasteiger partial charge in [-0.05, 0) is 61.9 Å². The molecule has 0 spiro atoms. The van der Waals surface area contributed by atoms with E-state index in [0.717, 1.165) is 11.1 Å². The van der Waals surface area contributed by atoms with Gasteiger partial charge in [-0.25, -0.2) is 0 Å². The molecule has 0 N–H and O–H groups in total. The fraction of sp³-hybridized carbons (Fsp3) is 0.0952. The number of hydrogen-bond donors (Lipinski definition) is 0. The molecule has 0 unspecified atom stereocenters. The van der Waals surface area contributed by atoms with Crippen molar-refractivity contribution in [2.24, 2.45) is 4.99 Å². The van der Waals surface area contributed by atoms with E-state index >= 15 is 0 Å². The van der Waals surface area contributed by atoms with Crippen LogP contribution in [-0.4, -0.2) is 14.6 Å². The standard InChI is InChI=1S/C21H17Cl2NO3S/c1-14-6-9-18(10-7-14)28(25,26)27-21-11-8-17(22)12-16(21)13-24-20-5-3-4-19(23)15(20)2/h3-13H,1-2H3. The largest absolute Gasteiger partial charge is 0.378 e. The highest BCUT2D eigenvalue weighted by molar-refractivity contribution is 7.87. The molecule has 0 saturated carbocycles. The van der Waals surface area contributed by atoms with Crippen LogP contribution in [0.25, 0.3) is 0 Å². The predicted molar refractivity (Wildman–Crippen MR) is 114 cm³/mol. The minimum Gasteiger partial charge on any atom is -0.378 e. The van der Waals surface area contributed by atoms with Crippen molar-refractivity contribution in [2.75, 3.05) is 0 Å². The number of benzene rings is 3. The summed E-state index contributed by atoms with van der Waals surface area (Å²) in [6.07, 6.45) is 1.50. The van der Waals surface area contributed by atoms with Gasteiger partial charge in [0.1, 0.15) is 4.90 Å². The summed E-state index contributed by atoms with van der Waals surface area (Å²) < 4.78 is 30.6. The Balaban J connectivity index is 1.96. The van der Waals surface area contributed by atoms with Gasteiger partial charge in [0.05, 0.1) is 5.69 Å². The van der Waals surface area contributed by atoms with Crippen molar-refractivity contribution in [1.82, 2.24) is 0 Å². The Morgan fingerprint density at radius 1 is 0.964 bits per heavy atom. The summed E-state index contributed by atoms with van der Waals surface area (Å²) >= 11 is 12.2. The van der Waals surface area contributed by atoms with Crippen molar-refractivity contribution in [3.05, 3.63) is 87.4 Å². The van der Waals surface area contributed by atoms with E-state index in [-0.39, 0.29) is 10.6 Å². The van der Waals surface area contributed by atoms with E-state index in [1.54, 1.807) is 36.4 Å². The fourth-order valence-electron chi connectivity index (χ4n) is 2.44. The van der Waals surface area contributed by atoms with Crippen molar-refractivity contribution < 1.29 is 12.6 Å². The Morgan fingerprint density at radius 2 is 1.68 bits per heavy atom. The molecule has 4 nitrogen and oxygen atoms in total. The first-order valence-electron chi connectivity index (χ1n) is 8.36. The third-order valence-electron chi connectivity index (χ3n) is 4.06. The number of aliphatic imine (C=N–C) groups is 1. The molecule has 28 heavy (non-hydrogen) atoms. The van der Waals surface area contributed by atoms with E-state index < -0.39 is 10.1 Å². The third-order valence-corrected chi connectivity index (χ3v) is 5.96. The Bertz CT molecular complexity index is 1140. The molecule has 0 fully saturated rings. The van der Waals surface area contributed by atoms with E-state index in [0.29, 0.717) is 21.3 Å². The zero-order chi connectivity index (χ0) is 20.3. The van der Waals surface area contributed by atoms with E-state index in [4.69, 9.17) is 27.4 Å². The number of aryl methyl sites for hydroxylation is 1. The summed E-state index contributed by atoms with van der Waals surface area (Å²) in [5, 5.41) is 1.03. The first-order chi connectivity index (χ1) is 13.3. The number of hydrogen-bond acceptors (Lipinski definition) is 4. The maximum absolute atomic E-state index is 12.6. The normalized spacial score (nSPS) is 11.7. The quantitative estimate of drug-likeness (QED) is 0.359. The molecule has 0 atom stereocenters. The lowest BCUT2D eigenvalue weighted by molar-refractivity contribution is 0.485. The average Bonchev–Trinajstić information content (AvgIpc) is 2.65. The second-order valence-corrected chi connectivity index (χ2v) is 8.56. The molecule has 144 valence electrons. The second kappa shape index (κ2) is 8.35. The zero-order valence-electron chi connectivity index (χ0n) is 15.2. The van der Waals surface area contributed by atoms with E-state index in [1.165, 1.54) is 24.4 Å². The highest BCUT2D eigenvalue weighted by Gasteiger charge is 2.18. The molecule has 0 aliphatic carbocycles. The van der Waals surface area contributed by atoms with Crippen LogP contribution < -0.4 is 4.18 Å². The lowest BCUT2D eigenvalue weighted by atomic mass is 10.2. The van der Waals surface area contributed by atoms with Crippen LogP contribution >= 0.6 is 23.2 Å². The fourth-order valence-corrected chi connectivity index (χ4v) is 3.75. The molecule has 0 aliphatic heterocycles. The van der Waals surface area contributed by atoms with Crippen LogP contribution in [0.3, 0.4) is 0 Å². The molecule has 0 radical (unpaired) electrons. The monoisotopic (exact) mass is 433 g/mol. The van der Waals surface area contributed by atoms with Gasteiger partial charge in [-0.2, -0.15) is 8.42 Å². The van der Waals surface area contributed by atoms with E-state index in [2.05, 4.69) is 4.99 Å². The van der Waals surface area contributed by atoms with Gasteiger partial charge >= 0.3 is 10.1 Å². The number of halogens is 2. The summed E-state index contributed by atoms with van der Waals surface area (Å²) in [6.45, 7) is 3.73. The molecule has 3 rings (SSSR count). The van der Waals surface area contributed by atoms with Gasteiger partial charge in [0, 0.05) is 21.8 Å². The Morgan fingerprint density at radius 3 is 2.39 bits per heavy atom. The molecule has 3 aromatic carbocycles. The molecule has 3 aromatic rings. The zero-order valence-corrected chi connectivity index (χ0v) is 17.5. The van der Waals surface area contributed by atoms with Crippen molar-refractivity contribution in [2.45, 2.75) is 18.7 Å². The summed E-state index contributed by atoms with van der Waals surface area (Å²) in [5.74, 6) is 0.133. The number of nitrogens with zero attached hydrogens (tertiary/aromatic N) is 1. The highest BCUT2D eigenvalue weighted by atomic mass is 35.5. The van der Waals surface area contributed by atoms with Crippen molar-refractivity contribution in [1.29, 1.82) is 0 Å². The van der Waals surface area contributed by atoms with Gasteiger partial charge in [-0.15, -0.1) is 0 Å². The van der Waals surface area contributed by atoms with Gasteiger partial charge in [-0.3, -0.25) is 4.99 Å². The molecule has 0 aliphatic rings. The van der Waals surface area contributed by atoms with Crippen LogP contribution in [0.2, 0.25) is 10.0 Å². The average molecular weight is 434 g/mol. The van der Waals surface area contributed by atoms with Crippen LogP contribution in [0, 0.1) is 13.8 Å². The molecule has 0 aromatic heterocycles. The maximum atomic E-state index is 12.6. The summed E-state index contributed by atoms with van der Waals surface area (Å²) in [4.78, 5) is 4.48. The lowest BCUT2D eigenvalue weighted by Crippen LogP contribution is -2.11. The van der Waals surface area contributed by atoms with Crippen LogP contribution in [0.1, 0.15) is 16.7 Å². The van der Waals surface area contributed by atoms with Gasteiger partial charge in [0.2, 0.25) is 0 Å². The predicted octanol–water partition coefficient (Wildman–Crippen LogP) is 6.13. The van der Waals surface area contributed by atoms with Crippen LogP contribution in [0.4, 0.5) is 5.69 Å². The van der Waals surface area contributed by atoms with Gasteiger partial charge < -0.3 is 4.18 Å². The smallest absolute Gasteiger partial charge is 0.339 e. The van der Waals surface area contributed by atoms with Crippen LogP contribution in [0.5, 0.6) is 5.75 Å². The second-order valence-electron chi connectivity index (χ2n) is 6.17. The molecular formula is C21H17Cl2NO3S. The third kappa shape index (κ3) is 4.73. The molecule has 0 saturated heterocycles. The van der Waals surface area contributed by atoms with Gasteiger partial charge in [0.25, 0.3) is 0 Å². The minimum absolute atomic E-state index is 0.0709. The van der Waals surface area contributed by atoms with E-state index in [1.807, 2.05) is 19.9 Å². The first-order valence-corrected chi connectivity index (χ1v) is 10.5. The Kier molecular flexibility index (Phi) is 6.08. The highest BCUT2D eigenvalue weighted by Crippen LogP contribution is 2.28. The maximum Gasteiger partial charge on any atom is 0.339 e. The first kappa shape index (κ1) is 20.4. The number of rotatable bonds is 5. The van der Waals surface area contributed by atoms with Gasteiger partial charge in [0.15, 0.2) is 5.75 Å². The molecule has 7 heteroatoms. The summed E-state index contributed by atoms with van der Waals surface area (Å²) in [7, 11) is -3.99. The summed E-state index contributed by atoms with van der Waals surface area (Å²) in [5.41, 5.74) is 2.87. The molecule has 0 amide bonds. The molecule has 0 bridgehead atoms. The Labute approximate surface area is 174 Å². The molecule has 0 heterocycles. The lowest BCUT2D eigenvalue weighted by Gasteiger charge is -2.10. The Hall–Kier alpha value is -2.34. The van der Waals surface area contributed by atoms with E-state index in [9.17, 15) is 8.42 Å². The summed E-state index contributed by atoms with van der Waals surface area (Å²) in [6, 6.07) is 16.5. The van der Waals surface area contributed by atoms with Crippen molar-refractivity contribution in [3.63, 3.8) is 0 Å². The van der Waals surface area contributed by atoms with Crippen molar-refractivity contribution >= 4 is 45.2 Å². The topological polar surface area (TPSA) is 55.7 Å². The van der Waals surface area contributed by atoms with Crippen molar-refractivity contribution in [3.8, 4) is 5.75 Å². The SMILES string of the molecule is Cc1ccc(S(=O)(=O)Oc2ccc(Cl)cc2C=Nc2cccc(Cl)c2C)cc1. The van der Waals surface area contributed by atoms with Crippen LogP contribution in [0.15, 0.2) is 70.6 Å². The molecular weight excluding hydrogens is 417 g/mol. The van der Waals surface area contributed by atoms with Crippen LogP contribution in [-0.2, 0) is 10.1 Å². The minimum atomic E-state index is -3.99. The van der Waals surface area contributed by atoms with Gasteiger partial charge in [-0.1, -0.05) is 47.0 Å².